The molecule has 2 rings (SSSR count). The highest BCUT2D eigenvalue weighted by molar-refractivity contribution is 9.09. The molecule has 2 aromatic rings. The quantitative estimate of drug-likeness (QED) is 0.283. The van der Waals surface area contributed by atoms with E-state index in [4.69, 9.17) is 16.3 Å². The number of rotatable bonds is 10. The predicted octanol–water partition coefficient (Wildman–Crippen LogP) is 7.10. The number of hydrogen-bond acceptors (Lipinski definition) is 2. The Morgan fingerprint density at radius 3 is 2.43 bits per heavy atom. The van der Waals surface area contributed by atoms with Gasteiger partial charge in [-0.2, -0.15) is 0 Å². The van der Waals surface area contributed by atoms with Crippen LogP contribution in [0.25, 0.3) is 0 Å². The van der Waals surface area contributed by atoms with Crippen LogP contribution in [0.4, 0.5) is 0 Å². The molecule has 0 saturated carbocycles. The number of allylic oxidation sites excluding steroid dienone is 1. The summed E-state index contributed by atoms with van der Waals surface area (Å²) in [7, 11) is 0. The van der Waals surface area contributed by atoms with Gasteiger partial charge in [0.2, 0.25) is 0 Å². The Balaban J connectivity index is 2.60. The number of alkyl halides is 2. The normalized spacial score (nSPS) is 14.3. The highest BCUT2D eigenvalue weighted by Crippen LogP contribution is 2.41. The molecule has 0 bridgehead atoms. The van der Waals surface area contributed by atoms with Crippen molar-refractivity contribution in [2.45, 2.75) is 40.2 Å². The van der Waals surface area contributed by atoms with E-state index < -0.39 is 11.4 Å². The summed E-state index contributed by atoms with van der Waals surface area (Å²) in [6, 6.07) is 16.1. The molecule has 0 aromatic heterocycles. The molecule has 0 aliphatic heterocycles. The SMILES string of the molecule is Cc1ccc(C)c(OC(c2ccccc2)C(CC(C)(C)C(=O)O)/C(=C/CCl)CBr)c1. The van der Waals surface area contributed by atoms with Crippen molar-refractivity contribution < 1.29 is 14.6 Å². The third-order valence-corrected chi connectivity index (χ3v) is 6.17. The van der Waals surface area contributed by atoms with Crippen molar-refractivity contribution in [1.29, 1.82) is 0 Å². The van der Waals surface area contributed by atoms with Crippen LogP contribution in [0.3, 0.4) is 0 Å². The molecule has 30 heavy (non-hydrogen) atoms. The van der Waals surface area contributed by atoms with E-state index in [9.17, 15) is 9.90 Å². The topological polar surface area (TPSA) is 46.5 Å². The maximum absolute atomic E-state index is 11.9. The van der Waals surface area contributed by atoms with Crippen LogP contribution in [0.5, 0.6) is 5.75 Å². The summed E-state index contributed by atoms with van der Waals surface area (Å²) in [5.41, 5.74) is 3.28. The van der Waals surface area contributed by atoms with E-state index in [1.165, 1.54) is 0 Å². The molecule has 2 aromatic carbocycles. The minimum Gasteiger partial charge on any atom is -0.485 e. The minimum atomic E-state index is -0.920. The summed E-state index contributed by atoms with van der Waals surface area (Å²) >= 11 is 9.64. The fraction of sp³-hybridized carbons (Fsp3) is 0.400. The second-order valence-electron chi connectivity index (χ2n) is 8.28. The lowest BCUT2D eigenvalue weighted by atomic mass is 9.76. The predicted molar refractivity (Wildman–Crippen MR) is 128 cm³/mol. The molecule has 0 amide bonds. The molecule has 162 valence electrons. The van der Waals surface area contributed by atoms with Gasteiger partial charge in [-0.25, -0.2) is 0 Å². The number of halogens is 2. The largest absolute Gasteiger partial charge is 0.485 e. The van der Waals surface area contributed by atoms with E-state index in [0.717, 1.165) is 28.0 Å². The number of aliphatic carboxylic acids is 1. The standard InChI is InChI=1S/C25H30BrClO3/c1-17-10-11-18(2)22(14-17)30-23(19-8-6-5-7-9-19)21(20(16-26)12-13-27)15-25(3,4)24(28)29/h5-12,14,21,23H,13,15-16H2,1-4H3,(H,28,29)/b20-12+. The second kappa shape index (κ2) is 11.0. The molecular weight excluding hydrogens is 464 g/mol. The molecule has 2 unspecified atom stereocenters. The van der Waals surface area contributed by atoms with Crippen LogP contribution < -0.4 is 4.74 Å². The number of carboxylic acids is 1. The molecule has 0 aliphatic carbocycles. The Morgan fingerprint density at radius 1 is 1.20 bits per heavy atom. The molecule has 0 fully saturated rings. The summed E-state index contributed by atoms with van der Waals surface area (Å²) in [5, 5.41) is 10.4. The number of benzene rings is 2. The average molecular weight is 494 g/mol. The third-order valence-electron chi connectivity index (χ3n) is 5.37. The molecule has 0 aliphatic rings. The van der Waals surface area contributed by atoms with Crippen LogP contribution in [0, 0.1) is 25.2 Å². The summed E-state index contributed by atoms with van der Waals surface area (Å²) in [6.45, 7) is 7.57. The lowest BCUT2D eigenvalue weighted by molar-refractivity contribution is -0.148. The number of hydrogen-bond donors (Lipinski definition) is 1. The van der Waals surface area contributed by atoms with E-state index in [2.05, 4.69) is 22.0 Å². The second-order valence-corrected chi connectivity index (χ2v) is 9.15. The highest BCUT2D eigenvalue weighted by Gasteiger charge is 2.37. The van der Waals surface area contributed by atoms with Crippen molar-refractivity contribution in [2.24, 2.45) is 11.3 Å². The van der Waals surface area contributed by atoms with Crippen LogP contribution >= 0.6 is 27.5 Å². The van der Waals surface area contributed by atoms with Crippen molar-refractivity contribution in [3.8, 4) is 5.75 Å². The molecule has 1 N–H and O–H groups in total. The van der Waals surface area contributed by atoms with Crippen molar-refractivity contribution in [3.63, 3.8) is 0 Å². The van der Waals surface area contributed by atoms with Gasteiger partial charge in [-0.15, -0.1) is 11.6 Å². The van der Waals surface area contributed by atoms with E-state index in [-0.39, 0.29) is 12.0 Å². The van der Waals surface area contributed by atoms with Gasteiger partial charge in [0.1, 0.15) is 11.9 Å². The van der Waals surface area contributed by atoms with E-state index in [0.29, 0.717) is 17.6 Å². The van der Waals surface area contributed by atoms with Gasteiger partial charge in [-0.05, 0) is 56.9 Å². The molecule has 2 atom stereocenters. The first-order chi connectivity index (χ1) is 14.2. The van der Waals surface area contributed by atoms with Crippen molar-refractivity contribution >= 4 is 33.5 Å². The lowest BCUT2D eigenvalue weighted by Gasteiger charge is -2.34. The zero-order chi connectivity index (χ0) is 22.3. The summed E-state index contributed by atoms with van der Waals surface area (Å²) in [4.78, 5) is 11.9. The minimum absolute atomic E-state index is 0.170. The van der Waals surface area contributed by atoms with Crippen LogP contribution in [0.2, 0.25) is 0 Å². The van der Waals surface area contributed by atoms with Gasteiger partial charge in [-0.1, -0.05) is 70.0 Å². The van der Waals surface area contributed by atoms with Crippen molar-refractivity contribution in [2.75, 3.05) is 11.2 Å². The smallest absolute Gasteiger partial charge is 0.309 e. The molecule has 0 saturated heterocycles. The van der Waals surface area contributed by atoms with Gasteiger partial charge >= 0.3 is 5.97 Å². The molecule has 0 radical (unpaired) electrons. The maximum atomic E-state index is 11.9. The number of aryl methyl sites for hydroxylation is 2. The summed E-state index contributed by atoms with van der Waals surface area (Å²) < 4.78 is 6.63. The zero-order valence-corrected chi connectivity index (χ0v) is 20.3. The first kappa shape index (κ1) is 24.5. The maximum Gasteiger partial charge on any atom is 0.309 e. The number of carboxylic acid groups (broad SMARTS) is 1. The zero-order valence-electron chi connectivity index (χ0n) is 18.0. The van der Waals surface area contributed by atoms with Crippen LogP contribution in [-0.2, 0) is 4.79 Å². The Bertz CT molecular complexity index is 877. The van der Waals surface area contributed by atoms with Crippen molar-refractivity contribution in [1.82, 2.24) is 0 Å². The summed E-state index contributed by atoms with van der Waals surface area (Å²) in [6.07, 6.45) is 2.03. The highest BCUT2D eigenvalue weighted by atomic mass is 79.9. The number of ether oxygens (including phenoxy) is 1. The van der Waals surface area contributed by atoms with Crippen LogP contribution in [0.15, 0.2) is 60.2 Å². The van der Waals surface area contributed by atoms with Crippen LogP contribution in [-0.4, -0.2) is 22.3 Å². The Labute approximate surface area is 193 Å². The first-order valence-corrected chi connectivity index (χ1v) is 11.7. The molecule has 5 heteroatoms. The fourth-order valence-corrected chi connectivity index (χ4v) is 4.31. The average Bonchev–Trinajstić information content (AvgIpc) is 2.72. The first-order valence-electron chi connectivity index (χ1n) is 10.0. The van der Waals surface area contributed by atoms with Crippen LogP contribution in [0.1, 0.15) is 43.1 Å². The molecule has 3 nitrogen and oxygen atoms in total. The van der Waals surface area contributed by atoms with Gasteiger partial charge < -0.3 is 9.84 Å². The molecule has 0 spiro atoms. The van der Waals surface area contributed by atoms with Gasteiger partial charge in [-0.3, -0.25) is 4.79 Å². The van der Waals surface area contributed by atoms with E-state index >= 15 is 0 Å². The lowest BCUT2D eigenvalue weighted by Crippen LogP contribution is -2.32. The third kappa shape index (κ3) is 6.36. The fourth-order valence-electron chi connectivity index (χ4n) is 3.47. The van der Waals surface area contributed by atoms with Gasteiger partial charge in [0.15, 0.2) is 0 Å². The summed E-state index contributed by atoms with van der Waals surface area (Å²) in [5.74, 6) is 0.166. The van der Waals surface area contributed by atoms with Gasteiger partial charge in [0.05, 0.1) is 5.41 Å². The van der Waals surface area contributed by atoms with Crippen molar-refractivity contribution in [3.05, 3.63) is 76.9 Å². The van der Waals surface area contributed by atoms with Gasteiger partial charge in [0, 0.05) is 17.1 Å². The van der Waals surface area contributed by atoms with Gasteiger partial charge in [0.25, 0.3) is 0 Å². The Morgan fingerprint density at radius 2 is 1.87 bits per heavy atom. The van der Waals surface area contributed by atoms with E-state index in [1.807, 2.05) is 62.4 Å². The number of carbonyl (C=O) groups is 1. The Hall–Kier alpha value is -1.78. The molecular formula is C25H30BrClO3. The monoisotopic (exact) mass is 492 g/mol. The van der Waals surface area contributed by atoms with E-state index in [1.54, 1.807) is 13.8 Å². The Kier molecular flexibility index (Phi) is 8.99. The molecule has 0 heterocycles.